The van der Waals surface area contributed by atoms with Crippen molar-refractivity contribution in [3.05, 3.63) is 29.3 Å². The van der Waals surface area contributed by atoms with Crippen molar-refractivity contribution in [3.63, 3.8) is 0 Å². The van der Waals surface area contributed by atoms with Gasteiger partial charge in [-0.15, -0.1) is 0 Å². The molecule has 1 aliphatic rings. The van der Waals surface area contributed by atoms with E-state index in [2.05, 4.69) is 5.32 Å². The molecular weight excluding hydrogens is 316 g/mol. The Morgan fingerprint density at radius 3 is 2.52 bits per heavy atom. The summed E-state index contributed by atoms with van der Waals surface area (Å²) in [4.78, 5) is 12.2. The molecule has 1 aromatic rings. The molecule has 2 rings (SSSR count). The lowest BCUT2D eigenvalue weighted by Gasteiger charge is -2.31. The van der Waals surface area contributed by atoms with Gasteiger partial charge in [0.05, 0.1) is 11.5 Å². The number of benzene rings is 1. The number of amides is 1. The minimum absolute atomic E-state index is 0.0916. The molecule has 0 aliphatic carbocycles. The number of rotatable bonds is 5. The standard InChI is InChI=1S/C16H24N2O4S/c1-12-3-4-15(13(2)11-12)23(21,22)18-8-5-14(6-9-18)16(20)17-7-10-19/h3-4,11,14,19H,5-10H2,1-2H3,(H,17,20). The van der Waals surface area contributed by atoms with E-state index in [0.29, 0.717) is 30.8 Å². The molecule has 1 aliphatic heterocycles. The van der Waals surface area contributed by atoms with Crippen LogP contribution < -0.4 is 5.32 Å². The van der Waals surface area contributed by atoms with E-state index < -0.39 is 10.0 Å². The fraction of sp³-hybridized carbons (Fsp3) is 0.562. The monoisotopic (exact) mass is 340 g/mol. The number of sulfonamides is 1. The third-order valence-corrected chi connectivity index (χ3v) is 6.24. The van der Waals surface area contributed by atoms with Crippen LogP contribution in [0.2, 0.25) is 0 Å². The van der Waals surface area contributed by atoms with E-state index in [0.717, 1.165) is 11.1 Å². The fourth-order valence-electron chi connectivity index (χ4n) is 2.91. The summed E-state index contributed by atoms with van der Waals surface area (Å²) < 4.78 is 27.0. The van der Waals surface area contributed by atoms with E-state index >= 15 is 0 Å². The van der Waals surface area contributed by atoms with Crippen molar-refractivity contribution in [1.29, 1.82) is 0 Å². The number of nitrogens with zero attached hydrogens (tertiary/aromatic N) is 1. The van der Waals surface area contributed by atoms with Gasteiger partial charge in [-0.2, -0.15) is 4.31 Å². The summed E-state index contributed by atoms with van der Waals surface area (Å²) >= 11 is 0. The first-order valence-corrected chi connectivity index (χ1v) is 9.26. The molecule has 23 heavy (non-hydrogen) atoms. The van der Waals surface area contributed by atoms with Gasteiger partial charge >= 0.3 is 0 Å². The number of carbonyl (C=O) groups is 1. The topological polar surface area (TPSA) is 86.7 Å². The fourth-order valence-corrected chi connectivity index (χ4v) is 4.59. The van der Waals surface area contributed by atoms with E-state index in [1.165, 1.54) is 4.31 Å². The van der Waals surface area contributed by atoms with Gasteiger partial charge in [-0.05, 0) is 38.3 Å². The molecule has 0 radical (unpaired) electrons. The van der Waals surface area contributed by atoms with Crippen molar-refractivity contribution < 1.29 is 18.3 Å². The Morgan fingerprint density at radius 1 is 1.30 bits per heavy atom. The molecule has 1 heterocycles. The van der Waals surface area contributed by atoms with Gasteiger partial charge in [0.25, 0.3) is 0 Å². The molecule has 128 valence electrons. The summed E-state index contributed by atoms with van der Waals surface area (Å²) in [6.07, 6.45) is 1.00. The highest BCUT2D eigenvalue weighted by Gasteiger charge is 2.32. The van der Waals surface area contributed by atoms with Gasteiger partial charge < -0.3 is 10.4 Å². The second kappa shape index (κ2) is 7.42. The van der Waals surface area contributed by atoms with Crippen LogP contribution in [-0.2, 0) is 14.8 Å². The number of aryl methyl sites for hydroxylation is 2. The summed E-state index contributed by atoms with van der Waals surface area (Å²) in [6, 6.07) is 5.32. The molecule has 0 bridgehead atoms. The van der Waals surface area contributed by atoms with Gasteiger partial charge in [0.1, 0.15) is 0 Å². The van der Waals surface area contributed by atoms with E-state index in [-0.39, 0.29) is 25.0 Å². The highest BCUT2D eigenvalue weighted by atomic mass is 32.2. The zero-order valence-electron chi connectivity index (χ0n) is 13.6. The molecule has 1 aromatic carbocycles. The largest absolute Gasteiger partial charge is 0.395 e. The van der Waals surface area contributed by atoms with Crippen LogP contribution in [-0.4, -0.2) is 50.0 Å². The molecule has 0 saturated carbocycles. The maximum Gasteiger partial charge on any atom is 0.243 e. The normalized spacial score (nSPS) is 17.2. The Labute approximate surface area is 137 Å². The van der Waals surface area contributed by atoms with Crippen LogP contribution in [0.4, 0.5) is 0 Å². The van der Waals surface area contributed by atoms with Gasteiger partial charge in [-0.1, -0.05) is 17.7 Å². The summed E-state index contributed by atoms with van der Waals surface area (Å²) in [7, 11) is -3.51. The van der Waals surface area contributed by atoms with Crippen LogP contribution in [0.3, 0.4) is 0 Å². The Balaban J connectivity index is 2.05. The van der Waals surface area contributed by atoms with Crippen LogP contribution >= 0.6 is 0 Å². The predicted octanol–water partition coefficient (Wildman–Crippen LogP) is 0.813. The van der Waals surface area contributed by atoms with Crippen LogP contribution in [0.5, 0.6) is 0 Å². The SMILES string of the molecule is Cc1ccc(S(=O)(=O)N2CCC(C(=O)NCCO)CC2)c(C)c1. The highest BCUT2D eigenvalue weighted by molar-refractivity contribution is 7.89. The van der Waals surface area contributed by atoms with Crippen molar-refractivity contribution in [2.24, 2.45) is 5.92 Å². The summed E-state index contributed by atoms with van der Waals surface area (Å²) in [6.45, 7) is 4.56. The molecule has 1 saturated heterocycles. The molecule has 0 atom stereocenters. The van der Waals surface area contributed by atoms with Gasteiger partial charge in [-0.3, -0.25) is 4.79 Å². The van der Waals surface area contributed by atoms with Crippen LogP contribution in [0.25, 0.3) is 0 Å². The third-order valence-electron chi connectivity index (χ3n) is 4.18. The number of nitrogens with one attached hydrogen (secondary N) is 1. The van der Waals surface area contributed by atoms with Gasteiger partial charge in [-0.25, -0.2) is 8.42 Å². The van der Waals surface area contributed by atoms with Gasteiger partial charge in [0.2, 0.25) is 15.9 Å². The highest BCUT2D eigenvalue weighted by Crippen LogP contribution is 2.26. The van der Waals surface area contributed by atoms with Gasteiger partial charge in [0, 0.05) is 25.6 Å². The minimum atomic E-state index is -3.51. The summed E-state index contributed by atoms with van der Waals surface area (Å²) in [5.41, 5.74) is 1.77. The van der Waals surface area contributed by atoms with E-state index in [1.807, 2.05) is 13.0 Å². The van der Waals surface area contributed by atoms with Crippen molar-refractivity contribution in [3.8, 4) is 0 Å². The summed E-state index contributed by atoms with van der Waals surface area (Å²) in [5, 5.41) is 11.4. The lowest BCUT2D eigenvalue weighted by atomic mass is 9.97. The maximum absolute atomic E-state index is 12.8. The zero-order chi connectivity index (χ0) is 17.0. The minimum Gasteiger partial charge on any atom is -0.395 e. The number of carbonyl (C=O) groups excluding carboxylic acids is 1. The van der Waals surface area contributed by atoms with Gasteiger partial charge in [0.15, 0.2) is 0 Å². The zero-order valence-corrected chi connectivity index (χ0v) is 14.4. The first kappa shape index (κ1) is 17.9. The maximum atomic E-state index is 12.8. The van der Waals surface area contributed by atoms with Crippen molar-refractivity contribution in [2.75, 3.05) is 26.2 Å². The van der Waals surface area contributed by atoms with Crippen LogP contribution in [0.1, 0.15) is 24.0 Å². The molecule has 6 nitrogen and oxygen atoms in total. The molecule has 0 unspecified atom stereocenters. The Hall–Kier alpha value is -1.44. The molecule has 7 heteroatoms. The molecule has 2 N–H and O–H groups in total. The van der Waals surface area contributed by atoms with Crippen molar-refractivity contribution in [2.45, 2.75) is 31.6 Å². The smallest absolute Gasteiger partial charge is 0.243 e. The van der Waals surface area contributed by atoms with E-state index in [4.69, 9.17) is 5.11 Å². The number of aliphatic hydroxyl groups excluding tert-OH is 1. The molecule has 0 spiro atoms. The van der Waals surface area contributed by atoms with Crippen molar-refractivity contribution in [1.82, 2.24) is 9.62 Å². The molecule has 0 aromatic heterocycles. The lowest BCUT2D eigenvalue weighted by molar-refractivity contribution is -0.126. The van der Waals surface area contributed by atoms with Crippen molar-refractivity contribution >= 4 is 15.9 Å². The Morgan fingerprint density at radius 2 is 1.96 bits per heavy atom. The number of piperidine rings is 1. The van der Waals surface area contributed by atoms with Crippen LogP contribution in [0, 0.1) is 19.8 Å². The van der Waals surface area contributed by atoms with Crippen LogP contribution in [0.15, 0.2) is 23.1 Å². The predicted molar refractivity (Wildman–Crippen MR) is 87.5 cm³/mol. The van der Waals surface area contributed by atoms with E-state index in [9.17, 15) is 13.2 Å². The number of hydrogen-bond acceptors (Lipinski definition) is 4. The second-order valence-corrected chi connectivity index (χ2v) is 7.87. The average molecular weight is 340 g/mol. The average Bonchev–Trinajstić information content (AvgIpc) is 2.52. The molecule has 1 amide bonds. The lowest BCUT2D eigenvalue weighted by Crippen LogP contribution is -2.43. The van der Waals surface area contributed by atoms with E-state index in [1.54, 1.807) is 19.1 Å². The first-order valence-electron chi connectivity index (χ1n) is 7.82. The molecular formula is C16H24N2O4S. The Kier molecular flexibility index (Phi) is 5.78. The number of aliphatic hydroxyl groups is 1. The Bertz CT molecular complexity index is 665. The molecule has 1 fully saturated rings. The second-order valence-electron chi connectivity index (χ2n) is 5.96. The first-order chi connectivity index (χ1) is 10.9. The summed E-state index contributed by atoms with van der Waals surface area (Å²) in [5.74, 6) is -0.297. The number of hydrogen-bond donors (Lipinski definition) is 2. The quantitative estimate of drug-likeness (QED) is 0.830. The third kappa shape index (κ3) is 4.10.